The average Bonchev–Trinajstić information content (AvgIpc) is 2.94. The molecule has 0 spiro atoms. The van der Waals surface area contributed by atoms with Crippen LogP contribution in [0.3, 0.4) is 0 Å². The standard InChI is InChI=1S/C19H27N3O2/c1-15(2)22-14-16(17-5-3-4-6-18(17)22)13-21-9-7-19(23)20-8-11-24-12-10-21/h3-6,14-15H,7-13H2,1-2H3,(H,20,23). The van der Waals surface area contributed by atoms with Gasteiger partial charge in [0.2, 0.25) is 5.91 Å². The molecule has 130 valence electrons. The number of nitrogens with zero attached hydrogens (tertiary/aromatic N) is 2. The molecule has 0 radical (unpaired) electrons. The Morgan fingerprint density at radius 2 is 2.04 bits per heavy atom. The molecule has 0 bridgehead atoms. The molecular formula is C19H27N3O2. The molecule has 1 amide bonds. The molecule has 0 atom stereocenters. The van der Waals surface area contributed by atoms with Crippen molar-refractivity contribution in [2.24, 2.45) is 0 Å². The first-order chi connectivity index (χ1) is 11.6. The Labute approximate surface area is 143 Å². The van der Waals surface area contributed by atoms with Crippen LogP contribution in [0.5, 0.6) is 0 Å². The lowest BCUT2D eigenvalue weighted by atomic mass is 10.1. The van der Waals surface area contributed by atoms with Gasteiger partial charge >= 0.3 is 0 Å². The van der Waals surface area contributed by atoms with Gasteiger partial charge in [-0.2, -0.15) is 0 Å². The third kappa shape index (κ3) is 3.97. The number of carbonyl (C=O) groups is 1. The summed E-state index contributed by atoms with van der Waals surface area (Å²) in [4.78, 5) is 14.1. The summed E-state index contributed by atoms with van der Waals surface area (Å²) in [6.45, 7) is 8.78. The number of nitrogens with one attached hydrogen (secondary N) is 1. The fourth-order valence-electron chi connectivity index (χ4n) is 3.25. The zero-order valence-electron chi connectivity index (χ0n) is 14.6. The van der Waals surface area contributed by atoms with Crippen LogP contribution >= 0.6 is 0 Å². The van der Waals surface area contributed by atoms with E-state index in [9.17, 15) is 4.79 Å². The molecule has 0 unspecified atom stereocenters. The van der Waals surface area contributed by atoms with Gasteiger partial charge in [0, 0.05) is 55.7 Å². The summed E-state index contributed by atoms with van der Waals surface area (Å²) in [5.74, 6) is 0.107. The molecule has 24 heavy (non-hydrogen) atoms. The molecule has 1 aliphatic heterocycles. The minimum absolute atomic E-state index is 0.107. The lowest BCUT2D eigenvalue weighted by Gasteiger charge is -2.23. The van der Waals surface area contributed by atoms with Crippen LogP contribution in [0.2, 0.25) is 0 Å². The van der Waals surface area contributed by atoms with Gasteiger partial charge < -0.3 is 14.6 Å². The fourth-order valence-corrected chi connectivity index (χ4v) is 3.25. The highest BCUT2D eigenvalue weighted by molar-refractivity contribution is 5.84. The van der Waals surface area contributed by atoms with Crippen LogP contribution in [0.25, 0.3) is 10.9 Å². The maximum atomic E-state index is 11.8. The number of rotatable bonds is 3. The number of para-hydroxylation sites is 1. The van der Waals surface area contributed by atoms with E-state index in [-0.39, 0.29) is 5.91 Å². The second-order valence-electron chi connectivity index (χ2n) is 6.66. The van der Waals surface area contributed by atoms with E-state index in [1.807, 2.05) is 0 Å². The normalized spacial score (nSPS) is 18.0. The first-order valence-electron chi connectivity index (χ1n) is 8.80. The van der Waals surface area contributed by atoms with Crippen molar-refractivity contribution in [2.45, 2.75) is 32.9 Å². The number of hydrogen-bond acceptors (Lipinski definition) is 3. The molecule has 1 aliphatic rings. The Balaban J connectivity index is 1.80. The van der Waals surface area contributed by atoms with Gasteiger partial charge in [-0.25, -0.2) is 0 Å². The van der Waals surface area contributed by atoms with Crippen LogP contribution in [0.15, 0.2) is 30.5 Å². The van der Waals surface area contributed by atoms with Crippen LogP contribution in [0, 0.1) is 0 Å². The third-order valence-corrected chi connectivity index (χ3v) is 4.55. The second-order valence-corrected chi connectivity index (χ2v) is 6.66. The van der Waals surface area contributed by atoms with E-state index >= 15 is 0 Å². The Kier molecular flexibility index (Phi) is 5.53. The molecule has 3 rings (SSSR count). The summed E-state index contributed by atoms with van der Waals surface area (Å²) in [5.41, 5.74) is 2.59. The zero-order chi connectivity index (χ0) is 16.9. The van der Waals surface area contributed by atoms with Crippen molar-refractivity contribution in [3.05, 3.63) is 36.0 Å². The van der Waals surface area contributed by atoms with Crippen molar-refractivity contribution in [1.29, 1.82) is 0 Å². The van der Waals surface area contributed by atoms with E-state index in [1.54, 1.807) is 0 Å². The highest BCUT2D eigenvalue weighted by Gasteiger charge is 2.15. The van der Waals surface area contributed by atoms with E-state index in [1.165, 1.54) is 16.5 Å². The van der Waals surface area contributed by atoms with Crippen molar-refractivity contribution in [3.8, 4) is 0 Å². The van der Waals surface area contributed by atoms with Gasteiger partial charge in [0.1, 0.15) is 0 Å². The molecule has 1 aromatic heterocycles. The number of aromatic nitrogens is 1. The van der Waals surface area contributed by atoms with E-state index in [4.69, 9.17) is 4.74 Å². The molecule has 0 aliphatic carbocycles. The lowest BCUT2D eigenvalue weighted by Crippen LogP contribution is -2.36. The number of amides is 1. The Bertz CT molecular complexity index is 693. The summed E-state index contributed by atoms with van der Waals surface area (Å²) in [7, 11) is 0. The van der Waals surface area contributed by atoms with Crippen LogP contribution < -0.4 is 5.32 Å². The quantitative estimate of drug-likeness (QED) is 0.941. The predicted octanol–water partition coefficient (Wildman–Crippen LogP) is 2.56. The molecule has 2 aromatic rings. The van der Waals surface area contributed by atoms with Crippen LogP contribution in [0.1, 0.15) is 31.9 Å². The van der Waals surface area contributed by atoms with E-state index < -0.39 is 0 Å². The molecule has 5 nitrogen and oxygen atoms in total. The number of ether oxygens (including phenoxy) is 1. The number of fused-ring (bicyclic) bond motifs is 1. The zero-order valence-corrected chi connectivity index (χ0v) is 14.6. The summed E-state index contributed by atoms with van der Waals surface area (Å²) in [6.07, 6.45) is 2.80. The smallest absolute Gasteiger partial charge is 0.221 e. The van der Waals surface area contributed by atoms with Crippen LogP contribution in [0.4, 0.5) is 0 Å². The van der Waals surface area contributed by atoms with Crippen LogP contribution in [-0.4, -0.2) is 48.2 Å². The molecule has 1 N–H and O–H groups in total. The molecule has 1 saturated heterocycles. The van der Waals surface area contributed by atoms with Gasteiger partial charge in [-0.1, -0.05) is 18.2 Å². The maximum Gasteiger partial charge on any atom is 0.221 e. The topological polar surface area (TPSA) is 46.5 Å². The molecule has 2 heterocycles. The number of carbonyl (C=O) groups excluding carboxylic acids is 1. The molecule has 0 saturated carbocycles. The first kappa shape index (κ1) is 17.0. The molecular weight excluding hydrogens is 302 g/mol. The minimum atomic E-state index is 0.107. The highest BCUT2D eigenvalue weighted by Crippen LogP contribution is 2.25. The van der Waals surface area contributed by atoms with Gasteiger partial charge in [0.05, 0.1) is 13.2 Å². The summed E-state index contributed by atoms with van der Waals surface area (Å²) in [5, 5.41) is 4.19. The Morgan fingerprint density at radius 3 is 2.88 bits per heavy atom. The van der Waals surface area contributed by atoms with Gasteiger partial charge in [-0.15, -0.1) is 0 Å². The number of benzene rings is 1. The summed E-state index contributed by atoms with van der Waals surface area (Å²) in [6, 6.07) is 8.98. The van der Waals surface area contributed by atoms with E-state index in [0.717, 1.165) is 19.6 Å². The minimum Gasteiger partial charge on any atom is -0.378 e. The Hall–Kier alpha value is -1.85. The van der Waals surface area contributed by atoms with Gasteiger partial charge in [-0.3, -0.25) is 9.69 Å². The van der Waals surface area contributed by atoms with E-state index in [2.05, 4.69) is 59.1 Å². The Morgan fingerprint density at radius 1 is 1.21 bits per heavy atom. The maximum absolute atomic E-state index is 11.8. The first-order valence-corrected chi connectivity index (χ1v) is 8.80. The van der Waals surface area contributed by atoms with Gasteiger partial charge in [0.25, 0.3) is 0 Å². The second kappa shape index (κ2) is 7.81. The lowest BCUT2D eigenvalue weighted by molar-refractivity contribution is -0.122. The SMILES string of the molecule is CC(C)n1cc(CN2CCOCCNC(=O)CC2)c2ccccc21. The molecule has 1 aromatic carbocycles. The van der Waals surface area contributed by atoms with Crippen molar-refractivity contribution in [3.63, 3.8) is 0 Å². The fraction of sp³-hybridized carbons (Fsp3) is 0.526. The van der Waals surface area contributed by atoms with E-state index in [0.29, 0.717) is 32.2 Å². The molecule has 1 fully saturated rings. The average molecular weight is 329 g/mol. The molecule has 5 heteroatoms. The van der Waals surface area contributed by atoms with Crippen molar-refractivity contribution < 1.29 is 9.53 Å². The van der Waals surface area contributed by atoms with Gasteiger partial charge in [-0.05, 0) is 25.5 Å². The van der Waals surface area contributed by atoms with Gasteiger partial charge in [0.15, 0.2) is 0 Å². The predicted molar refractivity (Wildman–Crippen MR) is 96.0 cm³/mol. The van der Waals surface area contributed by atoms with Crippen LogP contribution in [-0.2, 0) is 16.1 Å². The monoisotopic (exact) mass is 329 g/mol. The largest absolute Gasteiger partial charge is 0.378 e. The van der Waals surface area contributed by atoms with Crippen molar-refractivity contribution in [1.82, 2.24) is 14.8 Å². The summed E-state index contributed by atoms with van der Waals surface area (Å²) < 4.78 is 7.92. The van der Waals surface area contributed by atoms with Crippen molar-refractivity contribution >= 4 is 16.8 Å². The third-order valence-electron chi connectivity index (χ3n) is 4.55. The highest BCUT2D eigenvalue weighted by atomic mass is 16.5. The number of hydrogen-bond donors (Lipinski definition) is 1. The summed E-state index contributed by atoms with van der Waals surface area (Å²) >= 11 is 0. The van der Waals surface area contributed by atoms with Crippen molar-refractivity contribution in [2.75, 3.05) is 32.8 Å².